The normalized spacial score (nSPS) is 14.9. The molecule has 184 valence electrons. The Morgan fingerprint density at radius 3 is 2.50 bits per heavy atom. The lowest BCUT2D eigenvalue weighted by molar-refractivity contribution is -0.325. The van der Waals surface area contributed by atoms with Gasteiger partial charge in [-0.3, -0.25) is 9.53 Å². The number of hydrogen-bond donors (Lipinski definition) is 1. The number of ether oxygens (including phenoxy) is 1. The lowest BCUT2D eigenvalue weighted by Gasteiger charge is -2.32. The number of piperidine rings is 1. The highest BCUT2D eigenvalue weighted by atomic mass is 35.5. The number of nitrogens with zero attached hydrogens (tertiary/aromatic N) is 2. The first-order valence-electron chi connectivity index (χ1n) is 10.8. The van der Waals surface area contributed by atoms with Gasteiger partial charge in [-0.05, 0) is 42.0 Å². The molecule has 2 aromatic carbocycles. The largest absolute Gasteiger partial charge is 0.522 e. The summed E-state index contributed by atoms with van der Waals surface area (Å²) in [5.74, 6) is -0.446. The Labute approximate surface area is 200 Å². The van der Waals surface area contributed by atoms with Crippen LogP contribution in [0.3, 0.4) is 0 Å². The molecule has 1 saturated heterocycles. The van der Waals surface area contributed by atoms with E-state index >= 15 is 0 Å². The van der Waals surface area contributed by atoms with Crippen molar-refractivity contribution >= 4 is 29.2 Å². The second kappa shape index (κ2) is 10.8. The Morgan fingerprint density at radius 1 is 1.12 bits per heavy atom. The quantitative estimate of drug-likeness (QED) is 0.473. The van der Waals surface area contributed by atoms with Gasteiger partial charge < -0.3 is 15.2 Å². The molecule has 0 radical (unpaired) electrons. The van der Waals surface area contributed by atoms with E-state index in [1.54, 1.807) is 52.1 Å². The summed E-state index contributed by atoms with van der Waals surface area (Å²) in [6, 6.07) is 12.0. The van der Waals surface area contributed by atoms with E-state index in [1.165, 1.54) is 6.07 Å². The molecule has 1 aromatic heterocycles. The Bertz CT molecular complexity index is 1140. The van der Waals surface area contributed by atoms with Crippen LogP contribution >= 0.6 is 12.4 Å². The van der Waals surface area contributed by atoms with Crippen molar-refractivity contribution in [2.24, 2.45) is 5.73 Å². The van der Waals surface area contributed by atoms with Crippen LogP contribution in [0.5, 0.6) is 0 Å². The van der Waals surface area contributed by atoms with Gasteiger partial charge in [0.25, 0.3) is 5.91 Å². The van der Waals surface area contributed by atoms with E-state index in [1.807, 2.05) is 0 Å². The number of fused-ring (bicyclic) bond motifs is 1. The number of nitrogens with two attached hydrogens (primary N) is 1. The van der Waals surface area contributed by atoms with Crippen LogP contribution in [0.1, 0.15) is 40.2 Å². The number of rotatable bonds is 6. The average Bonchev–Trinajstić information content (AvgIpc) is 3.17. The van der Waals surface area contributed by atoms with Crippen LogP contribution in [-0.2, 0) is 17.8 Å². The van der Waals surface area contributed by atoms with Crippen LogP contribution < -0.4 is 5.73 Å². The summed E-state index contributed by atoms with van der Waals surface area (Å²) in [5, 5.41) is 0.679. The van der Waals surface area contributed by atoms with E-state index in [9.17, 15) is 22.4 Å². The van der Waals surface area contributed by atoms with E-state index in [0.717, 1.165) is 5.56 Å². The van der Waals surface area contributed by atoms with Crippen molar-refractivity contribution in [1.82, 2.24) is 9.47 Å². The van der Waals surface area contributed by atoms with Gasteiger partial charge in [-0.15, -0.1) is 25.6 Å². The molecule has 0 spiro atoms. The third kappa shape index (κ3) is 5.71. The molecule has 3 aromatic rings. The van der Waals surface area contributed by atoms with Crippen LogP contribution in [0.25, 0.3) is 10.9 Å². The summed E-state index contributed by atoms with van der Waals surface area (Å²) >= 11 is 0. The van der Waals surface area contributed by atoms with Crippen LogP contribution in [0.4, 0.5) is 17.6 Å². The third-order valence-electron chi connectivity index (χ3n) is 6.14. The zero-order valence-electron chi connectivity index (χ0n) is 18.4. The molecular formula is C24H26ClF4N3O2. The lowest BCUT2D eigenvalue weighted by atomic mass is 9.88. The van der Waals surface area contributed by atoms with Crippen LogP contribution in [0.15, 0.2) is 48.7 Å². The topological polar surface area (TPSA) is 60.5 Å². The standard InChI is InChI=1S/C24H25F4N3O2.ClH/c25-21-6-5-16(14-29)13-19(21)17-7-9-30(10-8-17)23(32)20-15-31(11-12-33-24(26,27)28)22-4-2-1-3-18(20)22;/h1-6,13,15,17H,7-12,14,29H2;1H. The second-order valence-corrected chi connectivity index (χ2v) is 8.17. The zero-order valence-corrected chi connectivity index (χ0v) is 19.2. The number of halogens is 5. The van der Waals surface area contributed by atoms with Gasteiger partial charge in [0, 0.05) is 43.3 Å². The monoisotopic (exact) mass is 499 g/mol. The molecule has 1 amide bonds. The minimum Gasteiger partial charge on any atom is -0.344 e. The van der Waals surface area contributed by atoms with Crippen LogP contribution in [0.2, 0.25) is 0 Å². The number of benzene rings is 2. The molecule has 0 saturated carbocycles. The van der Waals surface area contributed by atoms with Crippen LogP contribution in [-0.4, -0.2) is 41.4 Å². The van der Waals surface area contributed by atoms with Gasteiger partial charge >= 0.3 is 6.36 Å². The predicted molar refractivity (Wildman–Crippen MR) is 123 cm³/mol. The highest BCUT2D eigenvalue weighted by molar-refractivity contribution is 6.07. The fourth-order valence-corrected chi connectivity index (χ4v) is 4.46. The highest BCUT2D eigenvalue weighted by Crippen LogP contribution is 2.32. The predicted octanol–water partition coefficient (Wildman–Crippen LogP) is 5.22. The summed E-state index contributed by atoms with van der Waals surface area (Å²) in [7, 11) is 0. The van der Waals surface area contributed by atoms with Gasteiger partial charge in [0.1, 0.15) is 5.82 Å². The van der Waals surface area contributed by atoms with E-state index in [-0.39, 0.29) is 36.6 Å². The smallest absolute Gasteiger partial charge is 0.344 e. The van der Waals surface area contributed by atoms with Crippen LogP contribution in [0, 0.1) is 5.82 Å². The van der Waals surface area contributed by atoms with Crippen molar-refractivity contribution in [3.05, 3.63) is 71.2 Å². The van der Waals surface area contributed by atoms with Crippen molar-refractivity contribution in [2.75, 3.05) is 19.7 Å². The number of likely N-dealkylation sites (tertiary alicyclic amines) is 1. The lowest BCUT2D eigenvalue weighted by Crippen LogP contribution is -2.38. The van der Waals surface area contributed by atoms with Gasteiger partial charge in [0.15, 0.2) is 0 Å². The molecule has 5 nitrogen and oxygen atoms in total. The summed E-state index contributed by atoms with van der Waals surface area (Å²) in [5.41, 5.74) is 8.29. The van der Waals surface area contributed by atoms with E-state index in [0.29, 0.717) is 54.5 Å². The average molecular weight is 500 g/mol. The fourth-order valence-electron chi connectivity index (χ4n) is 4.46. The first kappa shape index (κ1) is 26.0. The highest BCUT2D eigenvalue weighted by Gasteiger charge is 2.30. The van der Waals surface area contributed by atoms with E-state index < -0.39 is 13.0 Å². The number of carbonyl (C=O) groups is 1. The fraction of sp³-hybridized carbons (Fsp3) is 0.375. The molecule has 10 heteroatoms. The van der Waals surface area contributed by atoms with Gasteiger partial charge in [-0.25, -0.2) is 4.39 Å². The number of alkyl halides is 3. The van der Waals surface area contributed by atoms with Crippen molar-refractivity contribution in [2.45, 2.75) is 38.2 Å². The first-order valence-corrected chi connectivity index (χ1v) is 10.8. The summed E-state index contributed by atoms with van der Waals surface area (Å²) in [6.45, 7) is 0.683. The minimum absolute atomic E-state index is 0. The van der Waals surface area contributed by atoms with Gasteiger partial charge in [-0.2, -0.15) is 0 Å². The molecular weight excluding hydrogens is 474 g/mol. The van der Waals surface area contributed by atoms with Crippen molar-refractivity contribution in [1.29, 1.82) is 0 Å². The number of hydrogen-bond acceptors (Lipinski definition) is 3. The maximum Gasteiger partial charge on any atom is 0.522 e. The van der Waals surface area contributed by atoms with Crippen molar-refractivity contribution < 1.29 is 27.1 Å². The Morgan fingerprint density at radius 2 is 1.82 bits per heavy atom. The Kier molecular flexibility index (Phi) is 8.22. The summed E-state index contributed by atoms with van der Waals surface area (Å²) in [6.07, 6.45) is -1.87. The molecule has 2 N–H and O–H groups in total. The number of para-hydroxylation sites is 1. The molecule has 1 aliphatic heterocycles. The molecule has 4 rings (SSSR count). The second-order valence-electron chi connectivity index (χ2n) is 8.17. The molecule has 2 heterocycles. The van der Waals surface area contributed by atoms with Crippen molar-refractivity contribution in [3.8, 4) is 0 Å². The minimum atomic E-state index is -4.70. The Hall–Kier alpha value is -2.62. The molecule has 0 unspecified atom stereocenters. The first-order chi connectivity index (χ1) is 15.8. The zero-order chi connectivity index (χ0) is 23.6. The maximum absolute atomic E-state index is 14.4. The molecule has 1 aliphatic rings. The van der Waals surface area contributed by atoms with Gasteiger partial charge in [-0.1, -0.05) is 30.3 Å². The van der Waals surface area contributed by atoms with E-state index in [4.69, 9.17) is 5.73 Å². The molecule has 1 fully saturated rings. The Balaban J connectivity index is 0.00000324. The number of carbonyl (C=O) groups excluding carboxylic acids is 1. The molecule has 0 aliphatic carbocycles. The number of aromatic nitrogens is 1. The van der Waals surface area contributed by atoms with E-state index in [2.05, 4.69) is 4.74 Å². The van der Waals surface area contributed by atoms with Gasteiger partial charge in [0.05, 0.1) is 12.2 Å². The van der Waals surface area contributed by atoms with Crippen molar-refractivity contribution in [3.63, 3.8) is 0 Å². The summed E-state index contributed by atoms with van der Waals surface area (Å²) < 4.78 is 56.9. The van der Waals surface area contributed by atoms with Gasteiger partial charge in [0.2, 0.25) is 0 Å². The molecule has 34 heavy (non-hydrogen) atoms. The number of amides is 1. The molecule has 0 bridgehead atoms. The summed E-state index contributed by atoms with van der Waals surface area (Å²) in [4.78, 5) is 15.0. The molecule has 0 atom stereocenters. The SMILES string of the molecule is Cl.NCc1ccc(F)c(C2CCN(C(=O)c3cn(CCOC(F)(F)F)c4ccccc34)CC2)c1. The third-order valence-corrected chi connectivity index (χ3v) is 6.14. The maximum atomic E-state index is 14.4.